The molecule has 0 amide bonds. The number of Topliss-reactive ketones (excluding diaryl/α,β-unsaturated/α-hetero) is 1. The first-order chi connectivity index (χ1) is 12.9. The van der Waals surface area contributed by atoms with Crippen molar-refractivity contribution in [1.29, 1.82) is 0 Å². The second-order valence-corrected chi connectivity index (χ2v) is 7.55. The summed E-state index contributed by atoms with van der Waals surface area (Å²) in [6.07, 6.45) is 0. The van der Waals surface area contributed by atoms with Crippen molar-refractivity contribution >= 4 is 39.4 Å². The average Bonchev–Trinajstić information content (AvgIpc) is 3.24. The van der Waals surface area contributed by atoms with E-state index in [1.807, 2.05) is 24.3 Å². The van der Waals surface area contributed by atoms with Crippen LogP contribution in [0.3, 0.4) is 0 Å². The highest BCUT2D eigenvalue weighted by Crippen LogP contribution is 2.26. The summed E-state index contributed by atoms with van der Waals surface area (Å²) in [6, 6.07) is 7.48. The third-order valence-electron chi connectivity index (χ3n) is 3.93. The molecular weight excluding hydrogens is 434 g/mol. The summed E-state index contributed by atoms with van der Waals surface area (Å²) in [7, 11) is 1.31. The molecule has 0 saturated heterocycles. The second-order valence-electron chi connectivity index (χ2n) is 5.71. The molecule has 3 rings (SSSR count). The van der Waals surface area contributed by atoms with Crippen LogP contribution < -0.4 is 0 Å². The zero-order valence-corrected chi connectivity index (χ0v) is 17.2. The highest BCUT2D eigenvalue weighted by molar-refractivity contribution is 9.10. The average molecular weight is 450 g/mol. The monoisotopic (exact) mass is 449 g/mol. The molecule has 2 heterocycles. The van der Waals surface area contributed by atoms with Crippen LogP contribution in [0.25, 0.3) is 11.5 Å². The first kappa shape index (κ1) is 19.4. The van der Waals surface area contributed by atoms with Gasteiger partial charge in [0.25, 0.3) is 5.22 Å². The smallest absolute Gasteiger partial charge is 0.339 e. The minimum atomic E-state index is -0.469. The number of rotatable bonds is 6. The minimum absolute atomic E-state index is 0.101. The van der Waals surface area contributed by atoms with E-state index in [-0.39, 0.29) is 11.5 Å². The topological polar surface area (TPSA) is 98.1 Å². The van der Waals surface area contributed by atoms with Crippen LogP contribution in [0, 0.1) is 13.8 Å². The van der Waals surface area contributed by atoms with Gasteiger partial charge in [0.1, 0.15) is 0 Å². The number of aromatic amines is 1. The van der Waals surface area contributed by atoms with Gasteiger partial charge in [0.05, 0.1) is 24.1 Å². The number of H-pyrrole nitrogens is 1. The van der Waals surface area contributed by atoms with Gasteiger partial charge in [-0.25, -0.2) is 4.79 Å². The Labute approximate surface area is 168 Å². The van der Waals surface area contributed by atoms with E-state index in [1.165, 1.54) is 7.11 Å². The second kappa shape index (κ2) is 8.10. The number of esters is 1. The lowest BCUT2D eigenvalue weighted by Gasteiger charge is -2.00. The van der Waals surface area contributed by atoms with Crippen molar-refractivity contribution < 1.29 is 18.7 Å². The molecule has 0 saturated carbocycles. The van der Waals surface area contributed by atoms with Gasteiger partial charge in [0.2, 0.25) is 5.89 Å². The normalized spacial score (nSPS) is 10.8. The quantitative estimate of drug-likeness (QED) is 0.341. The number of nitrogens with one attached hydrogen (secondary N) is 1. The Morgan fingerprint density at radius 3 is 2.59 bits per heavy atom. The van der Waals surface area contributed by atoms with Gasteiger partial charge in [0, 0.05) is 15.7 Å². The molecule has 140 valence electrons. The lowest BCUT2D eigenvalue weighted by atomic mass is 10.1. The number of hydrogen-bond acceptors (Lipinski definition) is 7. The van der Waals surface area contributed by atoms with Crippen molar-refractivity contribution in [3.8, 4) is 11.5 Å². The third kappa shape index (κ3) is 4.14. The Morgan fingerprint density at radius 2 is 1.93 bits per heavy atom. The number of ketones is 1. The number of benzene rings is 1. The largest absolute Gasteiger partial charge is 0.465 e. The predicted molar refractivity (Wildman–Crippen MR) is 104 cm³/mol. The molecule has 7 nitrogen and oxygen atoms in total. The van der Waals surface area contributed by atoms with E-state index in [1.54, 1.807) is 13.8 Å². The highest BCUT2D eigenvalue weighted by atomic mass is 79.9. The van der Waals surface area contributed by atoms with Crippen molar-refractivity contribution in [2.75, 3.05) is 12.9 Å². The van der Waals surface area contributed by atoms with Crippen LogP contribution in [0.15, 0.2) is 38.4 Å². The number of hydrogen-bond donors (Lipinski definition) is 1. The van der Waals surface area contributed by atoms with Crippen LogP contribution in [-0.4, -0.2) is 39.8 Å². The number of halogens is 1. The molecular formula is C18H16BrN3O4S. The molecule has 1 aromatic carbocycles. The van der Waals surface area contributed by atoms with Crippen LogP contribution >= 0.6 is 27.7 Å². The summed E-state index contributed by atoms with van der Waals surface area (Å²) in [5.41, 5.74) is 2.74. The van der Waals surface area contributed by atoms with Gasteiger partial charge in [-0.05, 0) is 43.7 Å². The van der Waals surface area contributed by atoms with Gasteiger partial charge in [-0.3, -0.25) is 4.79 Å². The fourth-order valence-electron chi connectivity index (χ4n) is 2.61. The molecule has 3 aromatic rings. The molecule has 0 unspecified atom stereocenters. The standard InChI is InChI=1S/C18H16BrN3O4S/c1-9-14(17(24)25-3)10(2)20-15(9)13(23)8-27-18-22-21-16(26-18)11-4-6-12(19)7-5-11/h4-7,20H,8H2,1-3H3. The van der Waals surface area contributed by atoms with Crippen molar-refractivity contribution in [3.63, 3.8) is 0 Å². The van der Waals surface area contributed by atoms with E-state index < -0.39 is 5.97 Å². The number of ether oxygens (including phenoxy) is 1. The Kier molecular flexibility index (Phi) is 5.81. The van der Waals surface area contributed by atoms with Crippen molar-refractivity contribution in [2.45, 2.75) is 19.1 Å². The van der Waals surface area contributed by atoms with Crippen LogP contribution in [0.5, 0.6) is 0 Å². The first-order valence-electron chi connectivity index (χ1n) is 7.93. The van der Waals surface area contributed by atoms with Gasteiger partial charge in [0.15, 0.2) is 5.78 Å². The predicted octanol–water partition coefficient (Wildman–Crippen LogP) is 4.21. The summed E-state index contributed by atoms with van der Waals surface area (Å²) in [5.74, 6) is -0.149. The molecule has 0 atom stereocenters. The molecule has 0 radical (unpaired) electrons. The Balaban J connectivity index is 1.70. The van der Waals surface area contributed by atoms with E-state index in [0.29, 0.717) is 33.6 Å². The van der Waals surface area contributed by atoms with Crippen molar-refractivity contribution in [1.82, 2.24) is 15.2 Å². The third-order valence-corrected chi connectivity index (χ3v) is 5.28. The maximum atomic E-state index is 12.5. The van der Waals surface area contributed by atoms with E-state index in [2.05, 4.69) is 31.1 Å². The molecule has 1 N–H and O–H groups in total. The van der Waals surface area contributed by atoms with Gasteiger partial charge < -0.3 is 14.1 Å². The summed E-state index contributed by atoms with van der Waals surface area (Å²) >= 11 is 4.52. The maximum Gasteiger partial charge on any atom is 0.339 e. The van der Waals surface area contributed by atoms with Gasteiger partial charge >= 0.3 is 5.97 Å². The first-order valence-corrected chi connectivity index (χ1v) is 9.71. The zero-order chi connectivity index (χ0) is 19.6. The number of carbonyl (C=O) groups excluding carboxylic acids is 2. The van der Waals surface area contributed by atoms with Gasteiger partial charge in [-0.2, -0.15) is 0 Å². The number of aromatic nitrogens is 3. The van der Waals surface area contributed by atoms with E-state index in [9.17, 15) is 9.59 Å². The molecule has 0 bridgehead atoms. The van der Waals surface area contributed by atoms with Crippen LogP contribution in [-0.2, 0) is 4.74 Å². The zero-order valence-electron chi connectivity index (χ0n) is 14.8. The highest BCUT2D eigenvalue weighted by Gasteiger charge is 2.23. The SMILES string of the molecule is COC(=O)c1c(C)[nH]c(C(=O)CSc2nnc(-c3ccc(Br)cc3)o2)c1C. The van der Waals surface area contributed by atoms with E-state index in [4.69, 9.17) is 9.15 Å². The molecule has 27 heavy (non-hydrogen) atoms. The molecule has 0 spiro atoms. The van der Waals surface area contributed by atoms with E-state index in [0.717, 1.165) is 21.8 Å². The molecule has 0 aliphatic carbocycles. The molecule has 2 aromatic heterocycles. The number of carbonyl (C=O) groups is 2. The van der Waals surface area contributed by atoms with Crippen LogP contribution in [0.4, 0.5) is 0 Å². The number of nitrogens with zero attached hydrogens (tertiary/aromatic N) is 2. The molecule has 0 fully saturated rings. The minimum Gasteiger partial charge on any atom is -0.465 e. The van der Waals surface area contributed by atoms with Crippen LogP contribution in [0.1, 0.15) is 32.1 Å². The molecule has 0 aliphatic heterocycles. The summed E-state index contributed by atoms with van der Waals surface area (Å²) < 4.78 is 11.3. The van der Waals surface area contributed by atoms with Gasteiger partial charge in [-0.15, -0.1) is 10.2 Å². The van der Waals surface area contributed by atoms with Crippen LogP contribution in [0.2, 0.25) is 0 Å². The molecule has 0 aliphatic rings. The summed E-state index contributed by atoms with van der Waals surface area (Å²) in [5, 5.41) is 8.27. The Bertz CT molecular complexity index is 995. The lowest BCUT2D eigenvalue weighted by Crippen LogP contribution is -2.07. The fourth-order valence-corrected chi connectivity index (χ4v) is 3.51. The van der Waals surface area contributed by atoms with Crippen molar-refractivity contribution in [3.05, 3.63) is 51.3 Å². The summed E-state index contributed by atoms with van der Waals surface area (Å²) in [6.45, 7) is 3.44. The lowest BCUT2D eigenvalue weighted by molar-refractivity contribution is 0.0599. The van der Waals surface area contributed by atoms with Crippen molar-refractivity contribution in [2.24, 2.45) is 0 Å². The number of thioether (sulfide) groups is 1. The Hall–Kier alpha value is -2.39. The van der Waals surface area contributed by atoms with E-state index >= 15 is 0 Å². The Morgan fingerprint density at radius 1 is 1.22 bits per heavy atom. The van der Waals surface area contributed by atoms with Gasteiger partial charge in [-0.1, -0.05) is 27.7 Å². The fraction of sp³-hybridized carbons (Fsp3) is 0.222. The maximum absolute atomic E-state index is 12.5. The number of aryl methyl sites for hydroxylation is 1. The summed E-state index contributed by atoms with van der Waals surface area (Å²) in [4.78, 5) is 27.3. The molecule has 9 heteroatoms. The number of methoxy groups -OCH3 is 1.